The van der Waals surface area contributed by atoms with Crippen LogP contribution in [0, 0.1) is 0 Å². The van der Waals surface area contributed by atoms with E-state index in [-0.39, 0.29) is 0 Å². The first kappa shape index (κ1) is 20.2. The van der Waals surface area contributed by atoms with E-state index in [9.17, 15) is 4.79 Å². The highest BCUT2D eigenvalue weighted by atomic mass is 16.5. The van der Waals surface area contributed by atoms with Gasteiger partial charge in [0.05, 0.1) is 12.9 Å². The topological polar surface area (TPSA) is 26.3 Å². The Labute approximate surface area is 132 Å². The molecule has 0 unspecified atom stereocenters. The Morgan fingerprint density at radius 2 is 1.19 bits per heavy atom. The maximum absolute atomic E-state index is 10.4. The summed E-state index contributed by atoms with van der Waals surface area (Å²) in [5, 5.41) is 0. The van der Waals surface area contributed by atoms with Crippen molar-refractivity contribution < 1.29 is 9.53 Å². The van der Waals surface area contributed by atoms with Gasteiger partial charge >= 0.3 is 0 Å². The number of hydrogen-bond acceptors (Lipinski definition) is 2. The molecule has 0 heterocycles. The second kappa shape index (κ2) is 17.3. The van der Waals surface area contributed by atoms with Crippen LogP contribution in [0.2, 0.25) is 0 Å². The number of allylic oxidation sites excluding steroid dienone is 2. The molecule has 0 saturated carbocycles. The monoisotopic (exact) mass is 296 g/mol. The van der Waals surface area contributed by atoms with Crippen molar-refractivity contribution in [3.63, 3.8) is 0 Å². The number of ether oxygens (including phenoxy) is 1. The molecule has 0 aliphatic rings. The lowest BCUT2D eigenvalue weighted by molar-refractivity contribution is -0.104. The van der Waals surface area contributed by atoms with Crippen molar-refractivity contribution in [2.75, 3.05) is 7.11 Å². The van der Waals surface area contributed by atoms with Gasteiger partial charge in [0.25, 0.3) is 0 Å². The molecule has 21 heavy (non-hydrogen) atoms. The van der Waals surface area contributed by atoms with Crippen LogP contribution in [0.4, 0.5) is 0 Å². The highest BCUT2D eigenvalue weighted by Gasteiger charge is 1.97. The third-order valence-corrected chi connectivity index (χ3v) is 4.04. The Balaban J connectivity index is 3.15. The van der Waals surface area contributed by atoms with Crippen LogP contribution in [0.25, 0.3) is 0 Å². The lowest BCUT2D eigenvalue weighted by atomic mass is 10.0. The number of unbranched alkanes of at least 4 members (excludes halogenated alkanes) is 12. The lowest BCUT2D eigenvalue weighted by Gasteiger charge is -2.05. The van der Waals surface area contributed by atoms with Crippen LogP contribution in [0.5, 0.6) is 0 Å². The molecule has 0 aliphatic carbocycles. The Bertz CT molecular complexity index is 246. The zero-order valence-electron chi connectivity index (χ0n) is 14.4. The van der Waals surface area contributed by atoms with E-state index in [0.29, 0.717) is 0 Å². The van der Waals surface area contributed by atoms with E-state index >= 15 is 0 Å². The minimum Gasteiger partial charge on any atom is -0.501 e. The molecule has 0 fully saturated rings. The number of hydrogen-bond donors (Lipinski definition) is 0. The summed E-state index contributed by atoms with van der Waals surface area (Å²) >= 11 is 0. The molecular formula is C19H36O2. The number of aldehydes is 1. The maximum Gasteiger partial charge on any atom is 0.146 e. The molecular weight excluding hydrogens is 260 g/mol. The summed E-state index contributed by atoms with van der Waals surface area (Å²) in [6, 6.07) is 0. The summed E-state index contributed by atoms with van der Waals surface area (Å²) < 4.78 is 5.13. The molecule has 0 aromatic rings. The van der Waals surface area contributed by atoms with Crippen LogP contribution < -0.4 is 0 Å². The highest BCUT2D eigenvalue weighted by Crippen LogP contribution is 2.14. The van der Waals surface area contributed by atoms with Crippen molar-refractivity contribution in [3.05, 3.63) is 11.8 Å². The molecule has 0 atom stereocenters. The second-order valence-electron chi connectivity index (χ2n) is 5.97. The first-order valence-electron chi connectivity index (χ1n) is 9.03. The van der Waals surface area contributed by atoms with Crippen molar-refractivity contribution in [1.82, 2.24) is 0 Å². The SMILES string of the molecule is CCCCCCCCCCCCCCC/C(=C/C=O)OC. The minimum absolute atomic E-state index is 0.807. The van der Waals surface area contributed by atoms with E-state index < -0.39 is 0 Å². The van der Waals surface area contributed by atoms with Gasteiger partial charge < -0.3 is 4.74 Å². The fourth-order valence-corrected chi connectivity index (χ4v) is 2.65. The van der Waals surface area contributed by atoms with Crippen molar-refractivity contribution in [3.8, 4) is 0 Å². The molecule has 2 heteroatoms. The van der Waals surface area contributed by atoms with Crippen LogP contribution >= 0.6 is 0 Å². The number of methoxy groups -OCH3 is 1. The van der Waals surface area contributed by atoms with Gasteiger partial charge in [-0.15, -0.1) is 0 Å². The Morgan fingerprint density at radius 3 is 1.57 bits per heavy atom. The van der Waals surface area contributed by atoms with Crippen molar-refractivity contribution in [1.29, 1.82) is 0 Å². The van der Waals surface area contributed by atoms with Gasteiger partial charge in [-0.3, -0.25) is 4.79 Å². The van der Waals surface area contributed by atoms with Gasteiger partial charge in [-0.1, -0.05) is 84.0 Å². The number of carbonyl (C=O) groups is 1. The molecule has 0 rings (SSSR count). The van der Waals surface area contributed by atoms with Crippen molar-refractivity contribution in [2.24, 2.45) is 0 Å². The van der Waals surface area contributed by atoms with E-state index in [1.165, 1.54) is 83.1 Å². The molecule has 0 spiro atoms. The summed E-state index contributed by atoms with van der Waals surface area (Å²) in [5.74, 6) is 0.813. The molecule has 0 aliphatic heterocycles. The third-order valence-electron chi connectivity index (χ3n) is 4.04. The summed E-state index contributed by atoms with van der Waals surface area (Å²) in [7, 11) is 1.64. The van der Waals surface area contributed by atoms with Gasteiger partial charge in [-0.2, -0.15) is 0 Å². The van der Waals surface area contributed by atoms with E-state index in [1.54, 1.807) is 7.11 Å². The summed E-state index contributed by atoms with van der Waals surface area (Å²) in [6.07, 6.45) is 21.0. The Hall–Kier alpha value is -0.790. The molecule has 0 aromatic carbocycles. The quantitative estimate of drug-likeness (QED) is 0.147. The lowest BCUT2D eigenvalue weighted by Crippen LogP contribution is -1.89. The molecule has 0 bridgehead atoms. The fourth-order valence-electron chi connectivity index (χ4n) is 2.65. The predicted molar refractivity (Wildman–Crippen MR) is 91.5 cm³/mol. The van der Waals surface area contributed by atoms with Crippen LogP contribution in [0.15, 0.2) is 11.8 Å². The van der Waals surface area contributed by atoms with Crippen molar-refractivity contribution >= 4 is 6.29 Å². The number of carbonyl (C=O) groups excluding carboxylic acids is 1. The average molecular weight is 296 g/mol. The molecule has 2 nitrogen and oxygen atoms in total. The standard InChI is InChI=1S/C19H36O2/c1-3-4-5-6-7-8-9-10-11-12-13-14-15-16-19(21-2)17-18-20/h17-18H,3-16H2,1-2H3/b19-17-. The zero-order chi connectivity index (χ0) is 15.6. The number of rotatable bonds is 16. The van der Waals surface area contributed by atoms with Gasteiger partial charge in [0.1, 0.15) is 6.29 Å². The minimum atomic E-state index is 0.807. The molecule has 124 valence electrons. The smallest absolute Gasteiger partial charge is 0.146 e. The Kier molecular flexibility index (Phi) is 16.6. The van der Waals surface area contributed by atoms with Crippen LogP contribution in [0.3, 0.4) is 0 Å². The summed E-state index contributed by atoms with van der Waals surface area (Å²) in [6.45, 7) is 2.27. The first-order valence-corrected chi connectivity index (χ1v) is 9.03. The normalized spacial score (nSPS) is 11.6. The van der Waals surface area contributed by atoms with Crippen LogP contribution in [-0.2, 0) is 9.53 Å². The first-order chi connectivity index (χ1) is 10.3. The van der Waals surface area contributed by atoms with Crippen LogP contribution in [-0.4, -0.2) is 13.4 Å². The van der Waals surface area contributed by atoms with Gasteiger partial charge in [-0.05, 0) is 6.42 Å². The molecule has 0 N–H and O–H groups in total. The summed E-state index contributed by atoms with van der Waals surface area (Å²) in [5.41, 5.74) is 0. The molecule has 0 amide bonds. The second-order valence-corrected chi connectivity index (χ2v) is 5.97. The van der Waals surface area contributed by atoms with E-state index in [4.69, 9.17) is 4.74 Å². The largest absolute Gasteiger partial charge is 0.501 e. The maximum atomic E-state index is 10.4. The van der Waals surface area contributed by atoms with Crippen molar-refractivity contribution in [2.45, 2.75) is 96.8 Å². The van der Waals surface area contributed by atoms with Gasteiger partial charge in [0, 0.05) is 12.5 Å². The van der Waals surface area contributed by atoms with Gasteiger partial charge in [-0.25, -0.2) is 0 Å². The van der Waals surface area contributed by atoms with Crippen LogP contribution in [0.1, 0.15) is 96.8 Å². The van der Waals surface area contributed by atoms with Gasteiger partial charge in [0.2, 0.25) is 0 Å². The Morgan fingerprint density at radius 1 is 0.762 bits per heavy atom. The molecule has 0 radical (unpaired) electrons. The average Bonchev–Trinajstić information content (AvgIpc) is 2.50. The van der Waals surface area contributed by atoms with Gasteiger partial charge in [0.15, 0.2) is 0 Å². The fraction of sp³-hybridized carbons (Fsp3) is 0.842. The predicted octanol–water partition coefficient (Wildman–Crippen LogP) is 6.20. The van der Waals surface area contributed by atoms with E-state index in [1.807, 2.05) is 0 Å². The van der Waals surface area contributed by atoms with E-state index in [2.05, 4.69) is 6.92 Å². The summed E-state index contributed by atoms with van der Waals surface area (Å²) in [4.78, 5) is 10.4. The molecule has 0 saturated heterocycles. The van der Waals surface area contributed by atoms with E-state index in [0.717, 1.165) is 24.9 Å². The zero-order valence-corrected chi connectivity index (χ0v) is 14.4. The third kappa shape index (κ3) is 15.4. The molecule has 0 aromatic heterocycles. The highest BCUT2D eigenvalue weighted by molar-refractivity contribution is 5.65.